The summed E-state index contributed by atoms with van der Waals surface area (Å²) in [4.78, 5) is 10.5. The zero-order valence-corrected chi connectivity index (χ0v) is 7.94. The lowest BCUT2D eigenvalue weighted by Gasteiger charge is -2.02. The van der Waals surface area contributed by atoms with Gasteiger partial charge in [-0.25, -0.2) is 4.79 Å². The maximum absolute atomic E-state index is 10.5. The molecule has 0 amide bonds. The van der Waals surface area contributed by atoms with Crippen LogP contribution in [-0.2, 0) is 0 Å². The Morgan fingerprint density at radius 3 is 2.42 bits per heavy atom. The van der Waals surface area contributed by atoms with Crippen LogP contribution in [0, 0.1) is 3.57 Å². The van der Waals surface area contributed by atoms with Gasteiger partial charge in [0.1, 0.15) is 5.56 Å². The third kappa shape index (κ3) is 1.60. The number of hydrogen-bond acceptors (Lipinski definition) is 3. The first-order valence-corrected chi connectivity index (χ1v) is 4.05. The minimum absolute atomic E-state index is 0.292. The van der Waals surface area contributed by atoms with Gasteiger partial charge < -0.3 is 15.3 Å². The molecule has 0 fully saturated rings. The fraction of sp³-hybridized carbons (Fsp3) is 0. The van der Waals surface area contributed by atoms with Gasteiger partial charge in [0.05, 0.1) is 0 Å². The highest BCUT2D eigenvalue weighted by molar-refractivity contribution is 14.1. The Balaban J connectivity index is 3.37. The molecule has 4 nitrogen and oxygen atoms in total. The predicted molar refractivity (Wildman–Crippen MR) is 49.4 cm³/mol. The van der Waals surface area contributed by atoms with E-state index in [4.69, 9.17) is 15.3 Å². The summed E-state index contributed by atoms with van der Waals surface area (Å²) in [5.41, 5.74) is -0.292. The van der Waals surface area contributed by atoms with E-state index in [2.05, 4.69) is 0 Å². The van der Waals surface area contributed by atoms with E-state index in [9.17, 15) is 4.79 Å². The van der Waals surface area contributed by atoms with Gasteiger partial charge in [0.2, 0.25) is 0 Å². The van der Waals surface area contributed by atoms with E-state index in [1.807, 2.05) is 22.6 Å². The first kappa shape index (κ1) is 9.11. The van der Waals surface area contributed by atoms with E-state index in [-0.39, 0.29) is 5.56 Å². The fourth-order valence-electron chi connectivity index (χ4n) is 0.748. The molecule has 0 radical (unpaired) electrons. The Labute approximate surface area is 81.6 Å². The third-order valence-electron chi connectivity index (χ3n) is 1.28. The molecule has 0 saturated heterocycles. The predicted octanol–water partition coefficient (Wildman–Crippen LogP) is 1.40. The van der Waals surface area contributed by atoms with Crippen molar-refractivity contribution in [3.8, 4) is 11.5 Å². The fourth-order valence-corrected chi connectivity index (χ4v) is 1.35. The number of hydrogen-bond donors (Lipinski definition) is 3. The molecular formula is C7H5IO4. The molecule has 1 aromatic carbocycles. The van der Waals surface area contributed by atoms with Crippen LogP contribution in [0.25, 0.3) is 0 Å². The minimum Gasteiger partial charge on any atom is -0.504 e. The summed E-state index contributed by atoms with van der Waals surface area (Å²) in [7, 11) is 0. The second-order valence-corrected chi connectivity index (χ2v) is 3.37. The molecule has 1 aromatic rings. The van der Waals surface area contributed by atoms with Crippen LogP contribution >= 0.6 is 22.6 Å². The average molecular weight is 280 g/mol. The molecule has 0 atom stereocenters. The second-order valence-electron chi connectivity index (χ2n) is 2.13. The third-order valence-corrected chi connectivity index (χ3v) is 1.91. The number of phenolic OH excluding ortho intramolecular Hbond substituents is 1. The Kier molecular flexibility index (Phi) is 2.41. The van der Waals surface area contributed by atoms with Gasteiger partial charge in [-0.05, 0) is 34.7 Å². The number of halogens is 1. The van der Waals surface area contributed by atoms with E-state index in [1.165, 1.54) is 12.1 Å². The Bertz CT molecular complexity index is 334. The molecule has 0 aliphatic rings. The molecule has 0 bridgehead atoms. The smallest absolute Gasteiger partial charge is 0.339 e. The van der Waals surface area contributed by atoms with E-state index in [1.54, 1.807) is 0 Å². The van der Waals surface area contributed by atoms with Crippen molar-refractivity contribution >= 4 is 28.6 Å². The van der Waals surface area contributed by atoms with Crippen molar-refractivity contribution in [3.63, 3.8) is 0 Å². The SMILES string of the molecule is O=C(O)c1cc(I)cc(O)c1O. The quantitative estimate of drug-likeness (QED) is 0.536. The maximum atomic E-state index is 10.5. The highest BCUT2D eigenvalue weighted by Crippen LogP contribution is 2.30. The van der Waals surface area contributed by atoms with Crippen LogP contribution in [0.4, 0.5) is 0 Å². The Hall–Kier alpha value is -0.980. The molecule has 0 aliphatic heterocycles. The highest BCUT2D eigenvalue weighted by atomic mass is 127. The molecule has 12 heavy (non-hydrogen) atoms. The normalized spacial score (nSPS) is 9.75. The van der Waals surface area contributed by atoms with Crippen LogP contribution in [0.2, 0.25) is 0 Å². The van der Waals surface area contributed by atoms with Crippen LogP contribution in [0.15, 0.2) is 12.1 Å². The van der Waals surface area contributed by atoms with Crippen molar-refractivity contribution in [2.45, 2.75) is 0 Å². The van der Waals surface area contributed by atoms with Gasteiger partial charge in [0.15, 0.2) is 11.5 Å². The summed E-state index contributed by atoms with van der Waals surface area (Å²) >= 11 is 1.85. The van der Waals surface area contributed by atoms with Crippen molar-refractivity contribution in [3.05, 3.63) is 21.3 Å². The molecule has 0 unspecified atom stereocenters. The van der Waals surface area contributed by atoms with Gasteiger partial charge in [-0.1, -0.05) is 0 Å². The van der Waals surface area contributed by atoms with Gasteiger partial charge in [-0.3, -0.25) is 0 Å². The topological polar surface area (TPSA) is 77.8 Å². The number of benzene rings is 1. The Morgan fingerprint density at radius 1 is 1.33 bits per heavy atom. The molecule has 0 aromatic heterocycles. The number of aromatic carboxylic acids is 1. The van der Waals surface area contributed by atoms with Crippen molar-refractivity contribution in [1.29, 1.82) is 0 Å². The minimum atomic E-state index is -1.26. The van der Waals surface area contributed by atoms with E-state index < -0.39 is 17.5 Å². The summed E-state index contributed by atoms with van der Waals surface area (Å²) in [5, 5.41) is 26.6. The molecule has 1 rings (SSSR count). The highest BCUT2D eigenvalue weighted by Gasteiger charge is 2.13. The number of phenols is 2. The molecule has 0 spiro atoms. The molecule has 0 aliphatic carbocycles. The number of carbonyl (C=O) groups is 1. The monoisotopic (exact) mass is 280 g/mol. The van der Waals surface area contributed by atoms with Crippen molar-refractivity contribution in [2.75, 3.05) is 0 Å². The van der Waals surface area contributed by atoms with Crippen LogP contribution in [-0.4, -0.2) is 21.3 Å². The molecular weight excluding hydrogens is 275 g/mol. The van der Waals surface area contributed by atoms with Gasteiger partial charge in [0, 0.05) is 3.57 Å². The maximum Gasteiger partial charge on any atom is 0.339 e. The summed E-state index contributed by atoms with van der Waals surface area (Å²) < 4.78 is 0.556. The van der Waals surface area contributed by atoms with Gasteiger partial charge in [-0.2, -0.15) is 0 Å². The van der Waals surface area contributed by atoms with Crippen LogP contribution in [0.5, 0.6) is 11.5 Å². The van der Waals surface area contributed by atoms with Crippen molar-refractivity contribution in [2.24, 2.45) is 0 Å². The molecule has 64 valence electrons. The van der Waals surface area contributed by atoms with E-state index in [0.29, 0.717) is 3.57 Å². The van der Waals surface area contributed by atoms with E-state index >= 15 is 0 Å². The lowest BCUT2D eigenvalue weighted by Crippen LogP contribution is -1.97. The molecule has 0 saturated carbocycles. The van der Waals surface area contributed by atoms with Crippen LogP contribution in [0.3, 0.4) is 0 Å². The lowest BCUT2D eigenvalue weighted by atomic mass is 10.2. The average Bonchev–Trinajstić information content (AvgIpc) is 1.96. The van der Waals surface area contributed by atoms with Gasteiger partial charge >= 0.3 is 5.97 Å². The number of carboxylic acid groups (broad SMARTS) is 1. The number of aromatic hydroxyl groups is 2. The molecule has 5 heteroatoms. The summed E-state index contributed by atoms with van der Waals surface area (Å²) in [6.07, 6.45) is 0. The zero-order valence-electron chi connectivity index (χ0n) is 5.78. The first-order chi connectivity index (χ1) is 5.52. The Morgan fingerprint density at radius 2 is 1.92 bits per heavy atom. The number of carboxylic acids is 1. The first-order valence-electron chi connectivity index (χ1n) is 2.97. The van der Waals surface area contributed by atoms with Gasteiger partial charge in [-0.15, -0.1) is 0 Å². The largest absolute Gasteiger partial charge is 0.504 e. The van der Waals surface area contributed by atoms with Crippen molar-refractivity contribution < 1.29 is 20.1 Å². The van der Waals surface area contributed by atoms with Crippen LogP contribution < -0.4 is 0 Å². The molecule has 3 N–H and O–H groups in total. The van der Waals surface area contributed by atoms with Crippen molar-refractivity contribution in [1.82, 2.24) is 0 Å². The van der Waals surface area contributed by atoms with E-state index in [0.717, 1.165) is 0 Å². The standard InChI is InChI=1S/C7H5IO4/c8-3-1-4(7(11)12)6(10)5(9)2-3/h1-2,9-10H,(H,11,12). The summed E-state index contributed by atoms with van der Waals surface area (Å²) in [6.45, 7) is 0. The zero-order chi connectivity index (χ0) is 9.30. The second kappa shape index (κ2) is 3.18. The lowest BCUT2D eigenvalue weighted by molar-refractivity contribution is 0.0693. The van der Waals surface area contributed by atoms with Crippen LogP contribution in [0.1, 0.15) is 10.4 Å². The van der Waals surface area contributed by atoms with Gasteiger partial charge in [0.25, 0.3) is 0 Å². The molecule has 0 heterocycles. The summed E-state index contributed by atoms with van der Waals surface area (Å²) in [5.74, 6) is -2.27. The number of rotatable bonds is 1. The summed E-state index contributed by atoms with van der Waals surface area (Å²) in [6, 6.07) is 2.56.